The molecule has 0 atom stereocenters. The SMILES string of the molecule is COc1ccc(C#CCNS(=O)(=O)c2cc(F)cc(F)c2)cc1. The maximum atomic E-state index is 13.1. The van der Waals surface area contributed by atoms with Crippen LogP contribution in [0.15, 0.2) is 47.4 Å². The Morgan fingerprint density at radius 2 is 1.70 bits per heavy atom. The van der Waals surface area contributed by atoms with Crippen molar-refractivity contribution in [3.63, 3.8) is 0 Å². The third kappa shape index (κ3) is 4.77. The van der Waals surface area contributed by atoms with Gasteiger partial charge in [-0.2, -0.15) is 4.72 Å². The topological polar surface area (TPSA) is 55.4 Å². The normalized spacial score (nSPS) is 10.7. The van der Waals surface area contributed by atoms with Crippen LogP contribution < -0.4 is 9.46 Å². The molecule has 2 aromatic carbocycles. The van der Waals surface area contributed by atoms with E-state index < -0.39 is 26.6 Å². The molecule has 7 heteroatoms. The number of hydrogen-bond acceptors (Lipinski definition) is 3. The van der Waals surface area contributed by atoms with E-state index in [0.29, 0.717) is 17.4 Å². The van der Waals surface area contributed by atoms with E-state index in [-0.39, 0.29) is 6.54 Å². The Balaban J connectivity index is 2.03. The molecule has 0 fully saturated rings. The van der Waals surface area contributed by atoms with Crippen molar-refractivity contribution in [2.75, 3.05) is 13.7 Å². The van der Waals surface area contributed by atoms with Gasteiger partial charge in [-0.1, -0.05) is 11.8 Å². The second kappa shape index (κ2) is 7.22. The van der Waals surface area contributed by atoms with Crippen molar-refractivity contribution in [3.8, 4) is 17.6 Å². The standard InChI is InChI=1S/C16H13F2NO3S/c1-22-15-6-4-12(5-7-15)3-2-8-19-23(20,21)16-10-13(17)9-14(18)11-16/h4-7,9-11,19H,8H2,1H3. The highest BCUT2D eigenvalue weighted by molar-refractivity contribution is 7.89. The minimum atomic E-state index is -4.02. The number of halogens is 2. The van der Waals surface area contributed by atoms with Crippen molar-refractivity contribution in [2.45, 2.75) is 4.90 Å². The van der Waals surface area contributed by atoms with Crippen molar-refractivity contribution in [2.24, 2.45) is 0 Å². The van der Waals surface area contributed by atoms with Crippen LogP contribution in [-0.2, 0) is 10.0 Å². The van der Waals surface area contributed by atoms with Gasteiger partial charge >= 0.3 is 0 Å². The molecule has 0 radical (unpaired) electrons. The highest BCUT2D eigenvalue weighted by atomic mass is 32.2. The van der Waals surface area contributed by atoms with Crippen LogP contribution in [-0.4, -0.2) is 22.1 Å². The van der Waals surface area contributed by atoms with E-state index in [1.165, 1.54) is 0 Å². The van der Waals surface area contributed by atoms with Gasteiger partial charge in [0.1, 0.15) is 17.4 Å². The summed E-state index contributed by atoms with van der Waals surface area (Å²) < 4.78 is 57.1. The van der Waals surface area contributed by atoms with E-state index in [1.54, 1.807) is 31.4 Å². The summed E-state index contributed by atoms with van der Waals surface area (Å²) >= 11 is 0. The lowest BCUT2D eigenvalue weighted by Gasteiger charge is -2.04. The quantitative estimate of drug-likeness (QED) is 0.871. The Kier molecular flexibility index (Phi) is 5.32. The zero-order valence-electron chi connectivity index (χ0n) is 12.1. The summed E-state index contributed by atoms with van der Waals surface area (Å²) in [6.07, 6.45) is 0. The van der Waals surface area contributed by atoms with Gasteiger partial charge in [-0.05, 0) is 36.4 Å². The predicted octanol–water partition coefficient (Wildman–Crippen LogP) is 2.30. The second-order valence-electron chi connectivity index (χ2n) is 4.46. The summed E-state index contributed by atoms with van der Waals surface area (Å²) in [5.74, 6) is 4.15. The summed E-state index contributed by atoms with van der Waals surface area (Å²) in [5.41, 5.74) is 0.682. The van der Waals surface area contributed by atoms with Crippen molar-refractivity contribution >= 4 is 10.0 Å². The lowest BCUT2D eigenvalue weighted by Crippen LogP contribution is -2.24. The van der Waals surface area contributed by atoms with E-state index in [4.69, 9.17) is 4.74 Å². The molecule has 2 rings (SSSR count). The Bertz CT molecular complexity index is 833. The maximum absolute atomic E-state index is 13.1. The first-order valence-electron chi connectivity index (χ1n) is 6.49. The molecule has 2 aromatic rings. The number of nitrogens with one attached hydrogen (secondary N) is 1. The van der Waals surface area contributed by atoms with E-state index in [2.05, 4.69) is 16.6 Å². The number of hydrogen-bond donors (Lipinski definition) is 1. The van der Waals surface area contributed by atoms with Gasteiger partial charge in [-0.15, -0.1) is 0 Å². The summed E-state index contributed by atoms with van der Waals surface area (Å²) in [4.78, 5) is -0.485. The highest BCUT2D eigenvalue weighted by Gasteiger charge is 2.15. The van der Waals surface area contributed by atoms with Gasteiger partial charge in [-0.3, -0.25) is 0 Å². The fourth-order valence-electron chi connectivity index (χ4n) is 1.72. The average molecular weight is 337 g/mol. The van der Waals surface area contributed by atoms with Crippen molar-refractivity contribution < 1.29 is 21.9 Å². The number of sulfonamides is 1. The molecule has 4 nitrogen and oxygen atoms in total. The monoisotopic (exact) mass is 337 g/mol. The molecule has 0 saturated heterocycles. The maximum Gasteiger partial charge on any atom is 0.241 e. The molecule has 23 heavy (non-hydrogen) atoms. The van der Waals surface area contributed by atoms with Crippen LogP contribution in [0.2, 0.25) is 0 Å². The molecule has 0 aliphatic rings. The minimum absolute atomic E-state index is 0.188. The van der Waals surface area contributed by atoms with Gasteiger partial charge in [0.05, 0.1) is 18.6 Å². The highest BCUT2D eigenvalue weighted by Crippen LogP contribution is 2.13. The first-order valence-corrected chi connectivity index (χ1v) is 7.98. The molecule has 0 saturated carbocycles. The fourth-order valence-corrected chi connectivity index (χ4v) is 2.68. The summed E-state index contributed by atoms with van der Waals surface area (Å²) in [7, 11) is -2.48. The Morgan fingerprint density at radius 1 is 1.09 bits per heavy atom. The first-order chi connectivity index (χ1) is 10.9. The molecule has 0 spiro atoms. The Hall–Kier alpha value is -2.43. The Morgan fingerprint density at radius 3 is 2.26 bits per heavy atom. The van der Waals surface area contributed by atoms with Gasteiger partial charge in [0.15, 0.2) is 0 Å². The van der Waals surface area contributed by atoms with Gasteiger partial charge in [0, 0.05) is 11.6 Å². The second-order valence-corrected chi connectivity index (χ2v) is 6.23. The number of methoxy groups -OCH3 is 1. The van der Waals surface area contributed by atoms with Gasteiger partial charge < -0.3 is 4.74 Å². The van der Waals surface area contributed by atoms with E-state index >= 15 is 0 Å². The number of rotatable bonds is 4. The zero-order chi connectivity index (χ0) is 16.9. The summed E-state index contributed by atoms with van der Waals surface area (Å²) in [5, 5.41) is 0. The van der Waals surface area contributed by atoms with Crippen LogP contribution in [0.4, 0.5) is 8.78 Å². The van der Waals surface area contributed by atoms with Gasteiger partial charge in [0.2, 0.25) is 10.0 Å². The lowest BCUT2D eigenvalue weighted by molar-refractivity contribution is 0.415. The third-order valence-corrected chi connectivity index (χ3v) is 4.20. The van der Waals surface area contributed by atoms with Crippen LogP contribution in [0, 0.1) is 23.5 Å². The van der Waals surface area contributed by atoms with Crippen molar-refractivity contribution in [3.05, 3.63) is 59.7 Å². The first kappa shape index (κ1) is 16.9. The predicted molar refractivity (Wildman–Crippen MR) is 81.4 cm³/mol. The van der Waals surface area contributed by atoms with Crippen LogP contribution >= 0.6 is 0 Å². The number of benzene rings is 2. The van der Waals surface area contributed by atoms with E-state index in [9.17, 15) is 17.2 Å². The lowest BCUT2D eigenvalue weighted by atomic mass is 10.2. The Labute approximate surface area is 133 Å². The van der Waals surface area contributed by atoms with Crippen molar-refractivity contribution in [1.29, 1.82) is 0 Å². The van der Waals surface area contributed by atoms with Crippen LogP contribution in [0.1, 0.15) is 5.56 Å². The molecule has 0 unspecified atom stereocenters. The number of ether oxygens (including phenoxy) is 1. The van der Waals surface area contributed by atoms with Crippen LogP contribution in [0.3, 0.4) is 0 Å². The molecular weight excluding hydrogens is 324 g/mol. The summed E-state index contributed by atoms with van der Waals surface area (Å²) in [6, 6.07) is 8.98. The van der Waals surface area contributed by atoms with Crippen LogP contribution in [0.25, 0.3) is 0 Å². The third-order valence-electron chi connectivity index (χ3n) is 2.82. The molecule has 120 valence electrons. The molecule has 0 heterocycles. The molecule has 0 aliphatic carbocycles. The van der Waals surface area contributed by atoms with Crippen LogP contribution in [0.5, 0.6) is 5.75 Å². The van der Waals surface area contributed by atoms with Crippen molar-refractivity contribution in [1.82, 2.24) is 4.72 Å². The molecule has 0 aliphatic heterocycles. The largest absolute Gasteiger partial charge is 0.497 e. The molecule has 0 amide bonds. The molecule has 0 bridgehead atoms. The van der Waals surface area contributed by atoms with Gasteiger partial charge in [-0.25, -0.2) is 17.2 Å². The minimum Gasteiger partial charge on any atom is -0.497 e. The molecular formula is C16H13F2NO3S. The molecule has 1 N–H and O–H groups in total. The zero-order valence-corrected chi connectivity index (χ0v) is 13.0. The smallest absolute Gasteiger partial charge is 0.241 e. The van der Waals surface area contributed by atoms with E-state index in [1.807, 2.05) is 0 Å². The van der Waals surface area contributed by atoms with Gasteiger partial charge in [0.25, 0.3) is 0 Å². The molecule has 0 aromatic heterocycles. The summed E-state index contributed by atoms with van der Waals surface area (Å²) in [6.45, 7) is -0.188. The van der Waals surface area contributed by atoms with E-state index in [0.717, 1.165) is 12.1 Å². The fraction of sp³-hybridized carbons (Fsp3) is 0.125. The average Bonchev–Trinajstić information content (AvgIpc) is 2.51.